The number of aryl methyl sites for hydroxylation is 2. The predicted octanol–water partition coefficient (Wildman–Crippen LogP) is 2.80. The number of benzene rings is 1. The van der Waals surface area contributed by atoms with E-state index in [0.29, 0.717) is 5.75 Å². The third kappa shape index (κ3) is 4.33. The van der Waals surface area contributed by atoms with Gasteiger partial charge in [-0.25, -0.2) is 0 Å². The minimum atomic E-state index is -0.728. The van der Waals surface area contributed by atoms with E-state index in [1.165, 1.54) is 23.3 Å². The smallest absolute Gasteiger partial charge is 0.261 e. The number of hydrogen-bond donors (Lipinski definition) is 2. The van der Waals surface area contributed by atoms with E-state index in [2.05, 4.69) is 5.32 Å². The van der Waals surface area contributed by atoms with Crippen molar-refractivity contribution in [1.29, 1.82) is 0 Å². The number of nitrogens with one attached hydrogen (secondary N) is 1. The van der Waals surface area contributed by atoms with E-state index in [0.717, 1.165) is 17.7 Å². The first-order valence-corrected chi connectivity index (χ1v) is 8.80. The van der Waals surface area contributed by atoms with Gasteiger partial charge in [-0.3, -0.25) is 4.79 Å². The molecule has 1 aromatic carbocycles. The van der Waals surface area contributed by atoms with E-state index in [1.807, 2.05) is 36.4 Å². The van der Waals surface area contributed by atoms with Crippen LogP contribution in [0.25, 0.3) is 0 Å². The van der Waals surface area contributed by atoms with Gasteiger partial charge in [0.2, 0.25) is 0 Å². The van der Waals surface area contributed by atoms with Gasteiger partial charge in [-0.2, -0.15) is 0 Å². The minimum Gasteiger partial charge on any atom is -0.491 e. The van der Waals surface area contributed by atoms with Crippen LogP contribution in [0, 0.1) is 0 Å². The molecule has 23 heavy (non-hydrogen) atoms. The maximum absolute atomic E-state index is 12.2. The highest BCUT2D eigenvalue weighted by molar-refractivity contribution is 7.14. The fraction of sp³-hybridized carbons (Fsp3) is 0.389. The molecule has 122 valence electrons. The van der Waals surface area contributed by atoms with Crippen LogP contribution in [0.2, 0.25) is 0 Å². The number of carbonyl (C=O) groups excluding carboxylic acids is 1. The SMILES string of the molecule is O=C(NC[C@@H](O)COc1ccccc1)c1cc2c(s1)CCCC2. The van der Waals surface area contributed by atoms with Crippen molar-refractivity contribution in [2.75, 3.05) is 13.2 Å². The molecule has 5 heteroatoms. The van der Waals surface area contributed by atoms with Gasteiger partial charge in [0.25, 0.3) is 5.91 Å². The summed E-state index contributed by atoms with van der Waals surface area (Å²) in [6.07, 6.45) is 3.85. The van der Waals surface area contributed by atoms with Crippen molar-refractivity contribution in [3.05, 3.63) is 51.7 Å². The fourth-order valence-electron chi connectivity index (χ4n) is 2.67. The van der Waals surface area contributed by atoms with Crippen LogP contribution in [0.4, 0.5) is 0 Å². The van der Waals surface area contributed by atoms with Gasteiger partial charge in [0.05, 0.1) is 4.88 Å². The predicted molar refractivity (Wildman–Crippen MR) is 91.2 cm³/mol. The van der Waals surface area contributed by atoms with Crippen LogP contribution in [-0.2, 0) is 12.8 Å². The maximum Gasteiger partial charge on any atom is 0.261 e. The lowest BCUT2D eigenvalue weighted by atomic mass is 9.99. The Labute approximate surface area is 140 Å². The maximum atomic E-state index is 12.2. The monoisotopic (exact) mass is 331 g/mol. The first-order chi connectivity index (χ1) is 11.2. The summed E-state index contributed by atoms with van der Waals surface area (Å²) in [5.41, 5.74) is 1.32. The molecule has 0 fully saturated rings. The number of amides is 1. The van der Waals surface area contributed by atoms with Crippen molar-refractivity contribution in [3.8, 4) is 5.75 Å². The van der Waals surface area contributed by atoms with E-state index in [1.54, 1.807) is 11.3 Å². The topological polar surface area (TPSA) is 58.6 Å². The lowest BCUT2D eigenvalue weighted by Crippen LogP contribution is -2.35. The van der Waals surface area contributed by atoms with E-state index >= 15 is 0 Å². The Balaban J connectivity index is 1.45. The summed E-state index contributed by atoms with van der Waals surface area (Å²) in [4.78, 5) is 14.3. The quantitative estimate of drug-likeness (QED) is 0.856. The Bertz CT molecular complexity index is 630. The third-order valence-corrected chi connectivity index (χ3v) is 5.14. The number of ether oxygens (including phenoxy) is 1. The van der Waals surface area contributed by atoms with Crippen molar-refractivity contribution in [3.63, 3.8) is 0 Å². The summed E-state index contributed by atoms with van der Waals surface area (Å²) in [6, 6.07) is 11.3. The van der Waals surface area contributed by atoms with Gasteiger partial charge in [0, 0.05) is 11.4 Å². The van der Waals surface area contributed by atoms with Gasteiger partial charge in [0.1, 0.15) is 18.5 Å². The number of aliphatic hydroxyl groups is 1. The number of aliphatic hydroxyl groups excluding tert-OH is 1. The van der Waals surface area contributed by atoms with Gasteiger partial charge in [-0.1, -0.05) is 18.2 Å². The molecule has 1 aromatic heterocycles. The zero-order valence-electron chi connectivity index (χ0n) is 13.0. The Kier molecular flexibility index (Phi) is 5.31. The molecule has 3 rings (SSSR count). The molecule has 1 aliphatic rings. The molecule has 0 spiro atoms. The van der Waals surface area contributed by atoms with Crippen LogP contribution in [0.5, 0.6) is 5.75 Å². The van der Waals surface area contributed by atoms with Gasteiger partial charge < -0.3 is 15.2 Å². The second-order valence-electron chi connectivity index (χ2n) is 5.75. The zero-order valence-corrected chi connectivity index (χ0v) is 13.8. The number of rotatable bonds is 6. The van der Waals surface area contributed by atoms with E-state index in [9.17, 15) is 9.90 Å². The normalized spacial score (nSPS) is 14.8. The first-order valence-electron chi connectivity index (χ1n) is 7.98. The van der Waals surface area contributed by atoms with Gasteiger partial charge in [0.15, 0.2) is 0 Å². The molecule has 1 heterocycles. The first kappa shape index (κ1) is 16.0. The Hall–Kier alpha value is -1.85. The highest BCUT2D eigenvalue weighted by atomic mass is 32.1. The summed E-state index contributed by atoms with van der Waals surface area (Å²) in [5.74, 6) is 0.604. The third-order valence-electron chi connectivity index (χ3n) is 3.90. The molecule has 0 radical (unpaired) electrons. The highest BCUT2D eigenvalue weighted by Gasteiger charge is 2.17. The van der Waals surface area contributed by atoms with Gasteiger partial charge >= 0.3 is 0 Å². The zero-order chi connectivity index (χ0) is 16.1. The average Bonchev–Trinajstić information content (AvgIpc) is 3.03. The molecule has 0 unspecified atom stereocenters. The lowest BCUT2D eigenvalue weighted by molar-refractivity contribution is 0.0847. The summed E-state index contributed by atoms with van der Waals surface area (Å²) in [6.45, 7) is 0.347. The molecule has 4 nitrogen and oxygen atoms in total. The van der Waals surface area contributed by atoms with Gasteiger partial charge in [-0.05, 0) is 49.4 Å². The van der Waals surface area contributed by atoms with Crippen LogP contribution < -0.4 is 10.1 Å². The average molecular weight is 331 g/mol. The molecule has 2 aromatic rings. The Morgan fingerprint density at radius 2 is 2.04 bits per heavy atom. The molecular formula is C18H21NO3S. The van der Waals surface area contributed by atoms with Crippen molar-refractivity contribution in [2.24, 2.45) is 0 Å². The summed E-state index contributed by atoms with van der Waals surface area (Å²) in [7, 11) is 0. The molecule has 2 N–H and O–H groups in total. The van der Waals surface area contributed by atoms with Crippen molar-refractivity contribution < 1.29 is 14.6 Å². The van der Waals surface area contributed by atoms with Crippen molar-refractivity contribution in [1.82, 2.24) is 5.32 Å². The number of carbonyl (C=O) groups is 1. The van der Waals surface area contributed by atoms with Crippen LogP contribution in [0.3, 0.4) is 0 Å². The second-order valence-corrected chi connectivity index (χ2v) is 6.89. The highest BCUT2D eigenvalue weighted by Crippen LogP contribution is 2.29. The van der Waals surface area contributed by atoms with Crippen LogP contribution in [0.15, 0.2) is 36.4 Å². The number of thiophene rings is 1. The van der Waals surface area contributed by atoms with Crippen LogP contribution in [-0.4, -0.2) is 30.3 Å². The van der Waals surface area contributed by atoms with Gasteiger partial charge in [-0.15, -0.1) is 11.3 Å². The molecule has 0 aliphatic heterocycles. The molecule has 0 saturated heterocycles. The largest absolute Gasteiger partial charge is 0.491 e. The molecular weight excluding hydrogens is 310 g/mol. The number of hydrogen-bond acceptors (Lipinski definition) is 4. The summed E-state index contributed by atoms with van der Waals surface area (Å²) in [5, 5.41) is 12.7. The number of fused-ring (bicyclic) bond motifs is 1. The Morgan fingerprint density at radius 3 is 2.83 bits per heavy atom. The second kappa shape index (κ2) is 7.62. The van der Waals surface area contributed by atoms with Crippen molar-refractivity contribution >= 4 is 17.2 Å². The van der Waals surface area contributed by atoms with Crippen LogP contribution in [0.1, 0.15) is 33.0 Å². The molecule has 1 atom stereocenters. The molecule has 0 saturated carbocycles. The molecule has 1 amide bonds. The minimum absolute atomic E-state index is 0.108. The molecule has 1 aliphatic carbocycles. The Morgan fingerprint density at radius 1 is 1.26 bits per heavy atom. The van der Waals surface area contributed by atoms with Crippen LogP contribution >= 0.6 is 11.3 Å². The van der Waals surface area contributed by atoms with E-state index in [-0.39, 0.29) is 19.1 Å². The molecule has 0 bridgehead atoms. The van der Waals surface area contributed by atoms with E-state index < -0.39 is 6.10 Å². The fourth-order valence-corrected chi connectivity index (χ4v) is 3.84. The number of para-hydroxylation sites is 1. The van der Waals surface area contributed by atoms with Crippen molar-refractivity contribution in [2.45, 2.75) is 31.8 Å². The summed E-state index contributed by atoms with van der Waals surface area (Å²) >= 11 is 1.58. The standard InChI is InChI=1S/C18H21NO3S/c20-14(12-22-15-7-2-1-3-8-15)11-19-18(21)17-10-13-6-4-5-9-16(13)23-17/h1-3,7-8,10,14,20H,4-6,9,11-12H2,(H,19,21)/t14-/m1/s1. The lowest BCUT2D eigenvalue weighted by Gasteiger charge is -2.12. The van der Waals surface area contributed by atoms with E-state index in [4.69, 9.17) is 4.74 Å². The summed E-state index contributed by atoms with van der Waals surface area (Å²) < 4.78 is 5.47.